The summed E-state index contributed by atoms with van der Waals surface area (Å²) in [4.78, 5) is 12.4. The number of hydrogen-bond acceptors (Lipinski definition) is 4. The van der Waals surface area contributed by atoms with Crippen LogP contribution in [0.5, 0.6) is 0 Å². The maximum Gasteiger partial charge on any atom is 0.422 e. The van der Waals surface area contributed by atoms with E-state index in [0.29, 0.717) is 11.6 Å². The van der Waals surface area contributed by atoms with E-state index in [1.807, 2.05) is 0 Å². The smallest absolute Gasteiger partial charge is 0.422 e. The summed E-state index contributed by atoms with van der Waals surface area (Å²) in [7, 11) is -2.48. The molecule has 2 atom stereocenters. The molecule has 1 amide bonds. The van der Waals surface area contributed by atoms with E-state index in [1.54, 1.807) is 39.8 Å². The largest absolute Gasteiger partial charge is 0.443 e. The van der Waals surface area contributed by atoms with Crippen LogP contribution >= 0.6 is 0 Å². The lowest BCUT2D eigenvalue weighted by atomic mass is 9.79. The third-order valence-electron chi connectivity index (χ3n) is 4.63. The van der Waals surface area contributed by atoms with Crippen molar-refractivity contribution in [3.8, 4) is 0 Å². The second-order valence-corrected chi connectivity index (χ2v) is 9.90. The van der Waals surface area contributed by atoms with Gasteiger partial charge in [-0.25, -0.2) is 13.3 Å². The van der Waals surface area contributed by atoms with Crippen LogP contribution in [-0.2, 0) is 15.7 Å². The molecule has 0 bridgehead atoms. The Balaban J connectivity index is 3.41. The zero-order valence-corrected chi connectivity index (χ0v) is 20.0. The first-order chi connectivity index (χ1) is 15.4. The normalized spacial score (nSPS) is 19.1. The van der Waals surface area contributed by atoms with Gasteiger partial charge in [0, 0.05) is 10.8 Å². The zero-order chi connectivity index (χ0) is 26.5. The minimum Gasteiger partial charge on any atom is -0.443 e. The number of rotatable bonds is 7. The summed E-state index contributed by atoms with van der Waals surface area (Å²) < 4.78 is 99.9. The molecule has 0 radical (unpaired) electrons. The summed E-state index contributed by atoms with van der Waals surface area (Å²) in [6, 6.07) is 0. The Morgan fingerprint density at radius 2 is 1.79 bits per heavy atom. The van der Waals surface area contributed by atoms with Crippen LogP contribution in [0.1, 0.15) is 34.1 Å². The fourth-order valence-electron chi connectivity index (χ4n) is 3.01. The molecule has 0 spiro atoms. The Morgan fingerprint density at radius 3 is 2.24 bits per heavy atom. The molecule has 0 aromatic rings. The topological polar surface area (TPSA) is 72.6 Å². The first-order valence-corrected chi connectivity index (χ1v) is 11.2. The third-order valence-corrected chi connectivity index (χ3v) is 6.06. The number of ether oxygens (including phenoxy) is 1. The SMILES string of the molecule is C=C/C=C(\C=C/C)CN(C(=O)OC(C)(C)C)S(=O)C1=CC=CC(C(N)(C(F)(F)F)C(F)(F)F)C1. The van der Waals surface area contributed by atoms with Crippen molar-refractivity contribution in [3.63, 3.8) is 0 Å². The van der Waals surface area contributed by atoms with Gasteiger partial charge in [0.15, 0.2) is 11.0 Å². The molecule has 0 heterocycles. The Kier molecular flexibility index (Phi) is 9.55. The molecule has 192 valence electrons. The van der Waals surface area contributed by atoms with Gasteiger partial charge >= 0.3 is 18.4 Å². The molecule has 12 heteroatoms. The second-order valence-electron chi connectivity index (χ2n) is 8.44. The standard InChI is InChI=1S/C22H28F6N2O3S/c1-6-9-15(10-7-2)14-30(18(31)33-19(3,4)5)34(32)17-12-8-11-16(13-17)20(29,21(23,24)25)22(26,27)28/h6-12,16H,1,13-14,29H2,2-5H3/b10-7-,15-9+. The van der Waals surface area contributed by atoms with E-state index >= 15 is 0 Å². The Bertz CT molecular complexity index is 897. The van der Waals surface area contributed by atoms with Gasteiger partial charge in [0.25, 0.3) is 0 Å². The van der Waals surface area contributed by atoms with Crippen LogP contribution in [0.4, 0.5) is 31.1 Å². The number of carbonyl (C=O) groups excluding carboxylic acids is 1. The molecule has 1 aliphatic rings. The molecule has 0 saturated heterocycles. The Morgan fingerprint density at radius 1 is 1.24 bits per heavy atom. The van der Waals surface area contributed by atoms with Gasteiger partial charge in [0.05, 0.1) is 6.54 Å². The quantitative estimate of drug-likeness (QED) is 0.341. The average Bonchev–Trinajstić information content (AvgIpc) is 2.68. The highest BCUT2D eigenvalue weighted by molar-refractivity contribution is 7.87. The van der Waals surface area contributed by atoms with Crippen molar-refractivity contribution in [3.05, 3.63) is 59.6 Å². The van der Waals surface area contributed by atoms with Gasteiger partial charge < -0.3 is 10.5 Å². The van der Waals surface area contributed by atoms with Crippen LogP contribution in [0, 0.1) is 5.92 Å². The predicted octanol–water partition coefficient (Wildman–Crippen LogP) is 5.86. The van der Waals surface area contributed by atoms with E-state index in [9.17, 15) is 35.3 Å². The Labute approximate surface area is 197 Å². The molecule has 1 rings (SSSR count). The van der Waals surface area contributed by atoms with E-state index in [-0.39, 0.29) is 11.4 Å². The first-order valence-electron chi connectivity index (χ1n) is 10.1. The maximum atomic E-state index is 13.4. The van der Waals surface area contributed by atoms with Crippen LogP contribution in [0.3, 0.4) is 0 Å². The summed E-state index contributed by atoms with van der Waals surface area (Å²) in [5.74, 6) is -2.30. The molecule has 1 aliphatic carbocycles. The predicted molar refractivity (Wildman–Crippen MR) is 119 cm³/mol. The highest BCUT2D eigenvalue weighted by Gasteiger charge is 2.71. The van der Waals surface area contributed by atoms with Gasteiger partial charge in [-0.1, -0.05) is 43.0 Å². The number of halogens is 6. The van der Waals surface area contributed by atoms with E-state index in [1.165, 1.54) is 12.2 Å². The van der Waals surface area contributed by atoms with Gasteiger partial charge in [-0.2, -0.15) is 26.3 Å². The minimum atomic E-state index is -5.83. The van der Waals surface area contributed by atoms with Crippen molar-refractivity contribution in [1.29, 1.82) is 0 Å². The van der Waals surface area contributed by atoms with Crippen molar-refractivity contribution in [2.75, 3.05) is 6.54 Å². The van der Waals surface area contributed by atoms with Crippen molar-refractivity contribution in [1.82, 2.24) is 4.31 Å². The van der Waals surface area contributed by atoms with Gasteiger partial charge in [-0.15, -0.1) is 0 Å². The van der Waals surface area contributed by atoms with E-state index in [0.717, 1.165) is 16.5 Å². The van der Waals surface area contributed by atoms with Crippen LogP contribution in [0.2, 0.25) is 0 Å². The van der Waals surface area contributed by atoms with Crippen molar-refractivity contribution < 1.29 is 40.1 Å². The summed E-state index contributed by atoms with van der Waals surface area (Å²) in [6.45, 7) is 9.56. The first kappa shape index (κ1) is 29.7. The number of alkyl halides is 6. The van der Waals surface area contributed by atoms with Gasteiger partial charge in [-0.3, -0.25) is 0 Å². The highest BCUT2D eigenvalue weighted by Crippen LogP contribution is 2.49. The third kappa shape index (κ3) is 7.08. The fraction of sp³-hybridized carbons (Fsp3) is 0.500. The number of nitrogens with zero attached hydrogens (tertiary/aromatic N) is 1. The number of nitrogens with two attached hydrogens (primary N) is 1. The minimum absolute atomic E-state index is 0.310. The second kappa shape index (κ2) is 10.9. The Hall–Kier alpha value is -2.34. The lowest BCUT2D eigenvalue weighted by molar-refractivity contribution is -0.307. The molecule has 0 fully saturated rings. The molecule has 2 N–H and O–H groups in total. The molecule has 0 aliphatic heterocycles. The van der Waals surface area contributed by atoms with E-state index < -0.39 is 52.9 Å². The maximum absolute atomic E-state index is 13.4. The van der Waals surface area contributed by atoms with Crippen LogP contribution in [0.25, 0.3) is 0 Å². The van der Waals surface area contributed by atoms with Gasteiger partial charge in [0.1, 0.15) is 5.60 Å². The fourth-order valence-corrected chi connectivity index (χ4v) is 4.25. The summed E-state index contributed by atoms with van der Waals surface area (Å²) in [5.41, 5.74) is -0.233. The molecule has 34 heavy (non-hydrogen) atoms. The number of amides is 1. The van der Waals surface area contributed by atoms with Crippen LogP contribution in [-0.4, -0.2) is 44.6 Å². The number of carbonyl (C=O) groups is 1. The van der Waals surface area contributed by atoms with Gasteiger partial charge in [0.2, 0.25) is 5.54 Å². The molecular formula is C22H28F6N2O3S. The number of hydrogen-bond donors (Lipinski definition) is 1. The van der Waals surface area contributed by atoms with Crippen molar-refractivity contribution in [2.24, 2.45) is 11.7 Å². The summed E-state index contributed by atoms with van der Waals surface area (Å²) in [5, 5.41) is 0. The molecule has 2 unspecified atom stereocenters. The lowest BCUT2D eigenvalue weighted by Gasteiger charge is -2.40. The molecule has 0 aromatic carbocycles. The highest BCUT2D eigenvalue weighted by atomic mass is 32.2. The molecule has 5 nitrogen and oxygen atoms in total. The molecule has 0 aromatic heterocycles. The summed E-state index contributed by atoms with van der Waals surface area (Å²) >= 11 is 0. The summed E-state index contributed by atoms with van der Waals surface area (Å²) in [6.07, 6.45) is -4.88. The molecular weight excluding hydrogens is 486 g/mol. The average molecular weight is 515 g/mol. The molecule has 0 saturated carbocycles. The van der Waals surface area contributed by atoms with E-state index in [4.69, 9.17) is 10.5 Å². The lowest BCUT2D eigenvalue weighted by Crippen LogP contribution is -2.68. The van der Waals surface area contributed by atoms with Crippen molar-refractivity contribution in [2.45, 2.75) is 57.6 Å². The number of allylic oxidation sites excluding steroid dienone is 6. The van der Waals surface area contributed by atoms with E-state index in [2.05, 4.69) is 6.58 Å². The zero-order valence-electron chi connectivity index (χ0n) is 19.2. The van der Waals surface area contributed by atoms with Gasteiger partial charge in [-0.05, 0) is 45.8 Å². The van der Waals surface area contributed by atoms with Crippen molar-refractivity contribution >= 4 is 17.1 Å². The monoisotopic (exact) mass is 514 g/mol. The van der Waals surface area contributed by atoms with Crippen LogP contribution in [0.15, 0.2) is 59.6 Å². The van der Waals surface area contributed by atoms with Crippen LogP contribution < -0.4 is 5.73 Å².